The van der Waals surface area contributed by atoms with Crippen LogP contribution in [0.25, 0.3) is 5.82 Å². The fourth-order valence-corrected chi connectivity index (χ4v) is 1.77. The summed E-state index contributed by atoms with van der Waals surface area (Å²) in [6.45, 7) is 5.85. The third kappa shape index (κ3) is 2.67. The Labute approximate surface area is 115 Å². The molecule has 0 unspecified atom stereocenters. The molecule has 96 valence electrons. The monoisotopic (exact) mass is 265 g/mol. The molecule has 0 saturated carbocycles. The minimum absolute atomic E-state index is 0.112. The lowest BCUT2D eigenvalue weighted by Crippen LogP contribution is -1.97. The van der Waals surface area contributed by atoms with Crippen molar-refractivity contribution in [3.63, 3.8) is 0 Å². The molecular formula is C14H18ClN3. The van der Waals surface area contributed by atoms with Crippen LogP contribution in [-0.2, 0) is 13.5 Å². The molecule has 0 spiro atoms. The van der Waals surface area contributed by atoms with Crippen molar-refractivity contribution in [2.45, 2.75) is 27.2 Å². The molecule has 0 N–H and O–H groups in total. The molecule has 4 heteroatoms. The van der Waals surface area contributed by atoms with E-state index in [1.54, 1.807) is 11.6 Å². The molecule has 2 rings (SSSR count). The topological polar surface area (TPSA) is 22.8 Å². The van der Waals surface area contributed by atoms with Crippen molar-refractivity contribution >= 4 is 11.6 Å². The summed E-state index contributed by atoms with van der Waals surface area (Å²) < 4.78 is 19.3. The highest BCUT2D eigenvalue weighted by Crippen LogP contribution is 2.19. The first-order valence-electron chi connectivity index (χ1n) is 6.83. The first-order chi connectivity index (χ1) is 9.32. The molecule has 0 bridgehead atoms. The first-order valence-corrected chi connectivity index (χ1v) is 6.21. The van der Waals surface area contributed by atoms with Gasteiger partial charge in [-0.05, 0) is 26.3 Å². The number of hydrogen-bond acceptors (Lipinski definition) is 1. The van der Waals surface area contributed by atoms with Crippen LogP contribution in [-0.4, -0.2) is 14.3 Å². The van der Waals surface area contributed by atoms with Crippen molar-refractivity contribution in [3.05, 3.63) is 46.3 Å². The quantitative estimate of drug-likeness (QED) is 0.777. The Balaban J connectivity index is 2.48. The van der Waals surface area contributed by atoms with Gasteiger partial charge in [-0.3, -0.25) is 4.68 Å². The van der Waals surface area contributed by atoms with Gasteiger partial charge in [0.1, 0.15) is 0 Å². The van der Waals surface area contributed by atoms with Gasteiger partial charge in [0.2, 0.25) is 0 Å². The SMILES string of the molecule is [2H]c1c(C)c(Cl)c([2H])n1-c1cc(CC=C(C)C)n(C)n1. The van der Waals surface area contributed by atoms with E-state index in [2.05, 4.69) is 25.0 Å². The van der Waals surface area contributed by atoms with E-state index in [0.29, 0.717) is 16.4 Å². The van der Waals surface area contributed by atoms with Gasteiger partial charge in [-0.2, -0.15) is 5.10 Å². The third-order valence-electron chi connectivity index (χ3n) is 2.73. The van der Waals surface area contributed by atoms with Gasteiger partial charge in [0.25, 0.3) is 0 Å². The molecule has 0 saturated heterocycles. The van der Waals surface area contributed by atoms with Gasteiger partial charge in [0.05, 0.1) is 7.76 Å². The van der Waals surface area contributed by atoms with Crippen LogP contribution >= 0.6 is 11.6 Å². The van der Waals surface area contributed by atoms with Crippen LogP contribution in [0.3, 0.4) is 0 Å². The minimum atomic E-state index is 0.112. The molecule has 0 amide bonds. The molecule has 0 aliphatic rings. The molecule has 0 radical (unpaired) electrons. The van der Waals surface area contributed by atoms with Crippen molar-refractivity contribution in [1.82, 2.24) is 14.3 Å². The molecule has 0 aromatic carbocycles. The zero-order valence-electron chi connectivity index (χ0n) is 13.1. The molecule has 0 atom stereocenters. The number of nitrogens with zero attached hydrogens (tertiary/aromatic N) is 3. The van der Waals surface area contributed by atoms with Gasteiger partial charge in [0.15, 0.2) is 5.82 Å². The molecule has 2 aromatic rings. The average Bonchev–Trinajstić information content (AvgIpc) is 2.82. The molecule has 2 heterocycles. The second-order valence-electron chi connectivity index (χ2n) is 4.60. The van der Waals surface area contributed by atoms with E-state index in [4.69, 9.17) is 14.3 Å². The Bertz CT molecular complexity index is 654. The number of allylic oxidation sites excluding steroid dienone is 2. The van der Waals surface area contributed by atoms with Crippen LogP contribution in [0.2, 0.25) is 5.02 Å². The maximum atomic E-state index is 8.04. The Morgan fingerprint density at radius 3 is 2.78 bits per heavy atom. The van der Waals surface area contributed by atoms with E-state index in [-0.39, 0.29) is 12.3 Å². The standard InChI is InChI=1S/C14H18ClN3/c1-10(2)5-6-12-7-14(16-17(12)4)18-8-11(3)13(15)9-18/h5,7-9H,6H2,1-4H3/i8D,9D. The van der Waals surface area contributed by atoms with E-state index in [1.807, 2.05) is 13.1 Å². The van der Waals surface area contributed by atoms with Crippen LogP contribution in [0.1, 0.15) is 27.8 Å². The molecule has 18 heavy (non-hydrogen) atoms. The predicted molar refractivity (Wildman–Crippen MR) is 75.4 cm³/mol. The number of halogens is 1. The minimum Gasteiger partial charge on any atom is -0.305 e. The van der Waals surface area contributed by atoms with Crippen molar-refractivity contribution in [3.8, 4) is 5.82 Å². The molecule has 0 fully saturated rings. The van der Waals surface area contributed by atoms with Crippen molar-refractivity contribution in [2.24, 2.45) is 7.05 Å². The lowest BCUT2D eigenvalue weighted by atomic mass is 10.2. The third-order valence-corrected chi connectivity index (χ3v) is 3.10. The van der Waals surface area contributed by atoms with Crippen LogP contribution < -0.4 is 0 Å². The fraction of sp³-hybridized carbons (Fsp3) is 0.357. The molecule has 0 aliphatic carbocycles. The molecular weight excluding hydrogens is 246 g/mol. The van der Waals surface area contributed by atoms with Gasteiger partial charge < -0.3 is 4.57 Å². The normalized spacial score (nSPS) is 12.3. The summed E-state index contributed by atoms with van der Waals surface area (Å²) in [7, 11) is 1.86. The number of aryl methyl sites for hydroxylation is 1. The number of hydrogen-bond donors (Lipinski definition) is 0. The fourth-order valence-electron chi connectivity index (χ4n) is 1.64. The second-order valence-corrected chi connectivity index (χ2v) is 4.98. The molecule has 3 nitrogen and oxygen atoms in total. The van der Waals surface area contributed by atoms with Crippen LogP contribution in [0.4, 0.5) is 0 Å². The van der Waals surface area contributed by atoms with Crippen molar-refractivity contribution < 1.29 is 2.74 Å². The van der Waals surface area contributed by atoms with Gasteiger partial charge in [-0.15, -0.1) is 0 Å². The summed E-state index contributed by atoms with van der Waals surface area (Å²) in [6.07, 6.45) is 3.23. The predicted octanol–water partition coefficient (Wildman–Crippen LogP) is 3.68. The van der Waals surface area contributed by atoms with Gasteiger partial charge >= 0.3 is 0 Å². The van der Waals surface area contributed by atoms with E-state index in [1.165, 1.54) is 10.1 Å². The Hall–Kier alpha value is -1.48. The van der Waals surface area contributed by atoms with Gasteiger partial charge in [0, 0.05) is 37.6 Å². The average molecular weight is 266 g/mol. The van der Waals surface area contributed by atoms with Gasteiger partial charge in [-0.25, -0.2) is 0 Å². The summed E-state index contributed by atoms with van der Waals surface area (Å²) in [5.74, 6) is 0.564. The van der Waals surface area contributed by atoms with Crippen LogP contribution in [0.5, 0.6) is 0 Å². The number of aromatic nitrogens is 3. The lowest BCUT2D eigenvalue weighted by Gasteiger charge is -1.96. The van der Waals surface area contributed by atoms with E-state index >= 15 is 0 Å². The Morgan fingerprint density at radius 2 is 2.22 bits per heavy atom. The van der Waals surface area contributed by atoms with E-state index in [9.17, 15) is 0 Å². The van der Waals surface area contributed by atoms with E-state index < -0.39 is 0 Å². The summed E-state index contributed by atoms with van der Waals surface area (Å²) in [6, 6.07) is 1.89. The highest BCUT2D eigenvalue weighted by Gasteiger charge is 2.07. The van der Waals surface area contributed by atoms with Crippen molar-refractivity contribution in [1.29, 1.82) is 0 Å². The van der Waals surface area contributed by atoms with Crippen LogP contribution in [0.15, 0.2) is 30.1 Å². The molecule has 0 aliphatic heterocycles. The lowest BCUT2D eigenvalue weighted by molar-refractivity contribution is 0.716. The van der Waals surface area contributed by atoms with Gasteiger partial charge in [-0.1, -0.05) is 23.3 Å². The number of rotatable bonds is 3. The second kappa shape index (κ2) is 5.02. The molecule has 2 aromatic heterocycles. The maximum absolute atomic E-state index is 8.04. The first kappa shape index (κ1) is 10.4. The smallest absolute Gasteiger partial charge is 0.158 e. The summed E-state index contributed by atoms with van der Waals surface area (Å²) >= 11 is 6.03. The highest BCUT2D eigenvalue weighted by atomic mass is 35.5. The summed E-state index contributed by atoms with van der Waals surface area (Å²) in [4.78, 5) is 0. The largest absolute Gasteiger partial charge is 0.305 e. The van der Waals surface area contributed by atoms with E-state index in [0.717, 1.165) is 12.1 Å². The summed E-state index contributed by atoms with van der Waals surface area (Å²) in [5.41, 5.74) is 2.88. The Morgan fingerprint density at radius 1 is 1.50 bits per heavy atom. The zero-order chi connectivity index (χ0) is 15.0. The van der Waals surface area contributed by atoms with Crippen molar-refractivity contribution in [2.75, 3.05) is 0 Å². The summed E-state index contributed by atoms with van der Waals surface area (Å²) in [5, 5.41) is 4.70. The Kier molecular flexibility index (Phi) is 2.91. The highest BCUT2D eigenvalue weighted by molar-refractivity contribution is 6.31. The van der Waals surface area contributed by atoms with Crippen LogP contribution in [0, 0.1) is 6.92 Å². The maximum Gasteiger partial charge on any atom is 0.158 e. The zero-order valence-corrected chi connectivity index (χ0v) is 11.8.